The van der Waals surface area contributed by atoms with Crippen LogP contribution < -0.4 is 15.4 Å². The van der Waals surface area contributed by atoms with Crippen LogP contribution in [-0.4, -0.2) is 43.1 Å². The first kappa shape index (κ1) is 19.5. The largest absolute Gasteiger partial charge is 0.497 e. The number of benzene rings is 1. The highest BCUT2D eigenvalue weighted by Gasteiger charge is 2.31. The summed E-state index contributed by atoms with van der Waals surface area (Å²) in [4.78, 5) is 27.1. The number of hydrogen-bond acceptors (Lipinski definition) is 3. The van der Waals surface area contributed by atoms with Crippen molar-refractivity contribution in [2.45, 2.75) is 51.5 Å². The van der Waals surface area contributed by atoms with Gasteiger partial charge in [0, 0.05) is 24.8 Å². The molecule has 0 radical (unpaired) electrons. The van der Waals surface area contributed by atoms with Gasteiger partial charge in [0.05, 0.1) is 13.0 Å². The van der Waals surface area contributed by atoms with Crippen molar-refractivity contribution < 1.29 is 14.3 Å². The quantitative estimate of drug-likeness (QED) is 0.847. The predicted molar refractivity (Wildman–Crippen MR) is 106 cm³/mol. The second-order valence-corrected chi connectivity index (χ2v) is 7.82. The third-order valence-corrected chi connectivity index (χ3v) is 5.86. The second-order valence-electron chi connectivity index (χ2n) is 7.82. The summed E-state index contributed by atoms with van der Waals surface area (Å²) in [6.45, 7) is 3.39. The van der Waals surface area contributed by atoms with Gasteiger partial charge < -0.3 is 20.3 Å². The molecule has 1 aliphatic carbocycles. The molecule has 1 heterocycles. The standard InChI is InChI=1S/C21H31N3O3/c1-15-6-3-4-8-19(15)23-20(25)16-7-5-13-24(14-16)21(26)22-17-9-11-18(27-2)12-10-17/h9-12,15-16,19H,3-8,13-14H2,1-2H3,(H,22,26)(H,23,25)/t15-,16+,19-/m0/s1. The van der Waals surface area contributed by atoms with E-state index in [2.05, 4.69) is 17.6 Å². The van der Waals surface area contributed by atoms with Crippen molar-refractivity contribution in [2.75, 3.05) is 25.5 Å². The monoisotopic (exact) mass is 373 g/mol. The van der Waals surface area contributed by atoms with Gasteiger partial charge in [0.2, 0.25) is 5.91 Å². The van der Waals surface area contributed by atoms with Crippen molar-refractivity contribution in [3.05, 3.63) is 24.3 Å². The van der Waals surface area contributed by atoms with Crippen LogP contribution in [0.1, 0.15) is 45.4 Å². The number of carbonyl (C=O) groups excluding carboxylic acids is 2. The molecule has 0 aromatic heterocycles. The first-order chi connectivity index (χ1) is 13.1. The summed E-state index contributed by atoms with van der Waals surface area (Å²) in [5.74, 6) is 1.28. The van der Waals surface area contributed by atoms with E-state index in [0.717, 1.165) is 30.7 Å². The summed E-state index contributed by atoms with van der Waals surface area (Å²) in [6.07, 6.45) is 6.41. The lowest BCUT2D eigenvalue weighted by molar-refractivity contribution is -0.127. The van der Waals surface area contributed by atoms with E-state index in [9.17, 15) is 9.59 Å². The molecule has 0 spiro atoms. The maximum atomic E-state index is 12.7. The Labute approximate surface area is 161 Å². The van der Waals surface area contributed by atoms with Crippen LogP contribution >= 0.6 is 0 Å². The van der Waals surface area contributed by atoms with Crippen LogP contribution in [0.2, 0.25) is 0 Å². The van der Waals surface area contributed by atoms with E-state index in [0.29, 0.717) is 19.0 Å². The van der Waals surface area contributed by atoms with E-state index in [1.54, 1.807) is 12.0 Å². The molecule has 2 aliphatic rings. The zero-order chi connectivity index (χ0) is 19.2. The van der Waals surface area contributed by atoms with Gasteiger partial charge in [-0.3, -0.25) is 4.79 Å². The van der Waals surface area contributed by atoms with E-state index in [1.807, 2.05) is 24.3 Å². The summed E-state index contributed by atoms with van der Waals surface area (Å²) in [5.41, 5.74) is 0.725. The van der Waals surface area contributed by atoms with E-state index < -0.39 is 0 Å². The number of nitrogens with zero attached hydrogens (tertiary/aromatic N) is 1. The van der Waals surface area contributed by atoms with Crippen molar-refractivity contribution in [1.82, 2.24) is 10.2 Å². The Morgan fingerprint density at radius 1 is 1.07 bits per heavy atom. The summed E-state index contributed by atoms with van der Waals surface area (Å²) in [7, 11) is 1.61. The van der Waals surface area contributed by atoms with Crippen molar-refractivity contribution in [3.63, 3.8) is 0 Å². The Hall–Kier alpha value is -2.24. The number of carbonyl (C=O) groups is 2. The molecule has 1 saturated carbocycles. The van der Waals surface area contributed by atoms with Crippen LogP contribution in [0.4, 0.5) is 10.5 Å². The van der Waals surface area contributed by atoms with Crippen LogP contribution in [0.15, 0.2) is 24.3 Å². The fraction of sp³-hybridized carbons (Fsp3) is 0.619. The van der Waals surface area contributed by atoms with Crippen LogP contribution in [-0.2, 0) is 4.79 Å². The number of ether oxygens (including phenoxy) is 1. The lowest BCUT2D eigenvalue weighted by atomic mass is 9.85. The molecule has 2 N–H and O–H groups in total. The Kier molecular flexibility index (Phi) is 6.58. The lowest BCUT2D eigenvalue weighted by Gasteiger charge is -2.35. The molecule has 2 fully saturated rings. The van der Waals surface area contributed by atoms with E-state index >= 15 is 0 Å². The average Bonchev–Trinajstić information content (AvgIpc) is 2.70. The fourth-order valence-corrected chi connectivity index (χ4v) is 4.08. The third-order valence-electron chi connectivity index (χ3n) is 5.86. The Bertz CT molecular complexity index is 647. The molecular weight excluding hydrogens is 342 g/mol. The highest BCUT2D eigenvalue weighted by Crippen LogP contribution is 2.25. The first-order valence-corrected chi connectivity index (χ1v) is 10.1. The average molecular weight is 373 g/mol. The molecule has 1 aliphatic heterocycles. The Morgan fingerprint density at radius 3 is 2.52 bits per heavy atom. The molecule has 3 atom stereocenters. The van der Waals surface area contributed by atoms with Gasteiger partial charge in [-0.15, -0.1) is 0 Å². The number of amides is 3. The molecule has 3 rings (SSSR count). The van der Waals surface area contributed by atoms with Gasteiger partial charge in [-0.1, -0.05) is 19.8 Å². The van der Waals surface area contributed by atoms with Gasteiger partial charge >= 0.3 is 6.03 Å². The first-order valence-electron chi connectivity index (χ1n) is 10.1. The molecule has 0 bridgehead atoms. The Morgan fingerprint density at radius 2 is 1.81 bits per heavy atom. The van der Waals surface area contributed by atoms with Crippen molar-refractivity contribution in [1.29, 1.82) is 0 Å². The number of piperidine rings is 1. The maximum Gasteiger partial charge on any atom is 0.321 e. The van der Waals surface area contributed by atoms with Gasteiger partial charge in [0.25, 0.3) is 0 Å². The summed E-state index contributed by atoms with van der Waals surface area (Å²) in [6, 6.07) is 7.39. The number of rotatable bonds is 4. The van der Waals surface area contributed by atoms with Gasteiger partial charge in [0.1, 0.15) is 5.75 Å². The van der Waals surface area contributed by atoms with Gasteiger partial charge in [-0.2, -0.15) is 0 Å². The molecule has 27 heavy (non-hydrogen) atoms. The molecule has 6 heteroatoms. The molecule has 148 valence electrons. The van der Waals surface area contributed by atoms with Crippen LogP contribution in [0.5, 0.6) is 5.75 Å². The topological polar surface area (TPSA) is 70.7 Å². The number of urea groups is 1. The molecule has 1 aromatic carbocycles. The lowest BCUT2D eigenvalue weighted by Crippen LogP contribution is -2.50. The van der Waals surface area contributed by atoms with Gasteiger partial charge in [0.15, 0.2) is 0 Å². The predicted octanol–water partition coefficient (Wildman–Crippen LogP) is 3.63. The highest BCUT2D eigenvalue weighted by atomic mass is 16.5. The normalized spacial score (nSPS) is 25.6. The van der Waals surface area contributed by atoms with Crippen LogP contribution in [0.3, 0.4) is 0 Å². The summed E-state index contributed by atoms with van der Waals surface area (Å²) < 4.78 is 5.13. The fourth-order valence-electron chi connectivity index (χ4n) is 4.08. The molecule has 1 saturated heterocycles. The van der Waals surface area contributed by atoms with E-state index in [-0.39, 0.29) is 23.9 Å². The smallest absolute Gasteiger partial charge is 0.321 e. The van der Waals surface area contributed by atoms with Crippen LogP contribution in [0.25, 0.3) is 0 Å². The zero-order valence-electron chi connectivity index (χ0n) is 16.4. The minimum absolute atomic E-state index is 0.107. The molecule has 0 unspecified atom stereocenters. The molecule has 3 amide bonds. The molecule has 1 aromatic rings. The van der Waals surface area contributed by atoms with Crippen molar-refractivity contribution >= 4 is 17.6 Å². The number of nitrogens with one attached hydrogen (secondary N) is 2. The Balaban J connectivity index is 1.53. The van der Waals surface area contributed by atoms with E-state index in [1.165, 1.54) is 19.3 Å². The van der Waals surface area contributed by atoms with Gasteiger partial charge in [-0.05, 0) is 55.9 Å². The number of hydrogen-bond donors (Lipinski definition) is 2. The number of anilines is 1. The molecule has 6 nitrogen and oxygen atoms in total. The van der Waals surface area contributed by atoms with Crippen molar-refractivity contribution in [2.24, 2.45) is 11.8 Å². The second kappa shape index (κ2) is 9.11. The zero-order valence-corrected chi connectivity index (χ0v) is 16.4. The third kappa shape index (κ3) is 5.15. The number of methoxy groups -OCH3 is 1. The SMILES string of the molecule is COc1ccc(NC(=O)N2CCC[C@@H](C(=O)N[C@H]3CCCC[C@@H]3C)C2)cc1. The summed E-state index contributed by atoms with van der Waals surface area (Å²) in [5, 5.41) is 6.16. The van der Waals surface area contributed by atoms with Gasteiger partial charge in [-0.25, -0.2) is 4.79 Å². The number of likely N-dealkylation sites (tertiary alicyclic amines) is 1. The molecular formula is C21H31N3O3. The van der Waals surface area contributed by atoms with E-state index in [4.69, 9.17) is 4.74 Å². The van der Waals surface area contributed by atoms with Crippen LogP contribution in [0, 0.1) is 11.8 Å². The summed E-state index contributed by atoms with van der Waals surface area (Å²) >= 11 is 0. The maximum absolute atomic E-state index is 12.7. The van der Waals surface area contributed by atoms with Crippen molar-refractivity contribution in [3.8, 4) is 5.75 Å². The highest BCUT2D eigenvalue weighted by molar-refractivity contribution is 5.90. The minimum atomic E-state index is -0.149. The minimum Gasteiger partial charge on any atom is -0.497 e.